The smallest absolute Gasteiger partial charge is 0.338 e. The second-order valence-corrected chi connectivity index (χ2v) is 6.54. The molecule has 3 aromatic rings. The fourth-order valence-corrected chi connectivity index (χ4v) is 2.88. The number of halogens is 1. The number of carbonyl (C=O) groups is 2. The van der Waals surface area contributed by atoms with Crippen LogP contribution in [-0.4, -0.2) is 22.5 Å². The van der Waals surface area contributed by atoms with E-state index in [4.69, 9.17) is 4.74 Å². The molecule has 0 unspecified atom stereocenters. The molecule has 5 nitrogen and oxygen atoms in total. The van der Waals surface area contributed by atoms with Crippen LogP contribution in [0.5, 0.6) is 0 Å². The summed E-state index contributed by atoms with van der Waals surface area (Å²) in [6.45, 7) is 5.50. The third kappa shape index (κ3) is 4.28. The lowest BCUT2D eigenvalue weighted by atomic mass is 10.2. The van der Waals surface area contributed by atoms with Gasteiger partial charge in [0.1, 0.15) is 5.82 Å². The summed E-state index contributed by atoms with van der Waals surface area (Å²) in [4.78, 5) is 24.5. The number of esters is 1. The summed E-state index contributed by atoms with van der Waals surface area (Å²) < 4.78 is 20.2. The van der Waals surface area contributed by atoms with E-state index in [1.165, 1.54) is 31.2 Å². The predicted molar refractivity (Wildman–Crippen MR) is 105 cm³/mol. The molecule has 1 aromatic heterocycles. The molecule has 144 valence electrons. The first-order valence-corrected chi connectivity index (χ1v) is 8.88. The van der Waals surface area contributed by atoms with E-state index in [-0.39, 0.29) is 0 Å². The Balaban J connectivity index is 1.63. The van der Waals surface area contributed by atoms with Gasteiger partial charge in [0.05, 0.1) is 5.56 Å². The summed E-state index contributed by atoms with van der Waals surface area (Å²) in [5.41, 5.74) is 3.92. The molecule has 6 heteroatoms. The van der Waals surface area contributed by atoms with E-state index in [9.17, 15) is 14.0 Å². The zero-order valence-corrected chi connectivity index (χ0v) is 15.9. The van der Waals surface area contributed by atoms with Crippen LogP contribution in [0.4, 0.5) is 10.1 Å². The quantitative estimate of drug-likeness (QED) is 0.667. The molecule has 0 spiro atoms. The van der Waals surface area contributed by atoms with Gasteiger partial charge >= 0.3 is 5.97 Å². The third-order valence-corrected chi connectivity index (χ3v) is 4.40. The van der Waals surface area contributed by atoms with Crippen molar-refractivity contribution in [3.05, 3.63) is 83.4 Å². The van der Waals surface area contributed by atoms with Gasteiger partial charge in [-0.25, -0.2) is 9.18 Å². The zero-order valence-electron chi connectivity index (χ0n) is 15.9. The fourth-order valence-electron chi connectivity index (χ4n) is 2.88. The first-order valence-electron chi connectivity index (χ1n) is 8.88. The van der Waals surface area contributed by atoms with Crippen molar-refractivity contribution in [3.63, 3.8) is 0 Å². The lowest BCUT2D eigenvalue weighted by molar-refractivity contribution is -0.123. The minimum atomic E-state index is -0.994. The van der Waals surface area contributed by atoms with Crippen molar-refractivity contribution in [1.82, 2.24) is 4.57 Å². The Labute approximate surface area is 162 Å². The lowest BCUT2D eigenvalue weighted by Gasteiger charge is -2.14. The van der Waals surface area contributed by atoms with E-state index in [0.29, 0.717) is 11.3 Å². The highest BCUT2D eigenvalue weighted by atomic mass is 19.1. The molecular weight excluding hydrogens is 359 g/mol. The van der Waals surface area contributed by atoms with Gasteiger partial charge in [-0.05, 0) is 81.4 Å². The normalized spacial score (nSPS) is 11.7. The van der Waals surface area contributed by atoms with Gasteiger partial charge in [-0.15, -0.1) is 0 Å². The van der Waals surface area contributed by atoms with Crippen LogP contribution in [-0.2, 0) is 9.53 Å². The van der Waals surface area contributed by atoms with Crippen molar-refractivity contribution < 1.29 is 18.7 Å². The average Bonchev–Trinajstić information content (AvgIpc) is 3.02. The summed E-state index contributed by atoms with van der Waals surface area (Å²) >= 11 is 0. The standard InChI is InChI=1S/C22H21FN2O3/c1-14-4-5-15(2)25(14)20-12-6-17(7-13-20)22(27)28-16(3)21(26)24-19-10-8-18(23)9-11-19/h4-13,16H,1-3H3,(H,24,26)/t16-/m0/s1. The van der Waals surface area contributed by atoms with E-state index in [2.05, 4.69) is 9.88 Å². The molecule has 28 heavy (non-hydrogen) atoms. The van der Waals surface area contributed by atoms with Gasteiger partial charge in [-0.1, -0.05) is 0 Å². The predicted octanol–water partition coefficient (Wildman–Crippen LogP) is 4.42. The van der Waals surface area contributed by atoms with Crippen molar-refractivity contribution in [2.24, 2.45) is 0 Å². The van der Waals surface area contributed by atoms with Crippen LogP contribution in [0.2, 0.25) is 0 Å². The highest BCUT2D eigenvalue weighted by Gasteiger charge is 2.19. The van der Waals surface area contributed by atoms with Crippen molar-refractivity contribution in [2.45, 2.75) is 26.9 Å². The molecule has 1 heterocycles. The summed E-state index contributed by atoms with van der Waals surface area (Å²) in [7, 11) is 0. The second kappa shape index (κ2) is 8.08. The van der Waals surface area contributed by atoms with Crippen LogP contribution in [0.25, 0.3) is 5.69 Å². The maximum Gasteiger partial charge on any atom is 0.338 e. The van der Waals surface area contributed by atoms with Crippen LogP contribution in [0.3, 0.4) is 0 Å². The Bertz CT molecular complexity index is 972. The Morgan fingerprint density at radius 1 is 0.929 bits per heavy atom. The Kier molecular flexibility index (Phi) is 5.59. The lowest BCUT2D eigenvalue weighted by Crippen LogP contribution is -2.30. The highest BCUT2D eigenvalue weighted by molar-refractivity contribution is 5.97. The maximum absolute atomic E-state index is 12.9. The Morgan fingerprint density at radius 2 is 1.50 bits per heavy atom. The van der Waals surface area contributed by atoms with Gasteiger partial charge in [0.25, 0.3) is 5.91 Å². The zero-order chi connectivity index (χ0) is 20.3. The van der Waals surface area contributed by atoms with Crippen LogP contribution in [0.1, 0.15) is 28.7 Å². The topological polar surface area (TPSA) is 60.3 Å². The number of ether oxygens (including phenoxy) is 1. The molecule has 1 atom stereocenters. The van der Waals surface area contributed by atoms with Crippen LogP contribution < -0.4 is 5.32 Å². The summed E-state index contributed by atoms with van der Waals surface area (Å²) in [6.07, 6.45) is -0.994. The van der Waals surface area contributed by atoms with Gasteiger partial charge in [-0.3, -0.25) is 4.79 Å². The molecule has 0 bridgehead atoms. The van der Waals surface area contributed by atoms with Crippen molar-refractivity contribution in [1.29, 1.82) is 0 Å². The van der Waals surface area contributed by atoms with E-state index in [1.807, 2.05) is 38.1 Å². The van der Waals surface area contributed by atoms with E-state index < -0.39 is 23.8 Å². The molecule has 0 aliphatic carbocycles. The first-order chi connectivity index (χ1) is 13.3. The number of hydrogen-bond acceptors (Lipinski definition) is 3. The molecular formula is C22H21FN2O3. The monoisotopic (exact) mass is 380 g/mol. The summed E-state index contributed by atoms with van der Waals surface area (Å²) in [5.74, 6) is -1.48. The number of hydrogen-bond donors (Lipinski definition) is 1. The van der Waals surface area contributed by atoms with Gasteiger partial charge < -0.3 is 14.6 Å². The highest BCUT2D eigenvalue weighted by Crippen LogP contribution is 2.17. The fraction of sp³-hybridized carbons (Fsp3) is 0.182. The maximum atomic E-state index is 12.9. The van der Waals surface area contributed by atoms with Crippen molar-refractivity contribution >= 4 is 17.6 Å². The largest absolute Gasteiger partial charge is 0.449 e. The van der Waals surface area contributed by atoms with Crippen LogP contribution in [0.15, 0.2) is 60.7 Å². The molecule has 0 radical (unpaired) electrons. The average molecular weight is 380 g/mol. The van der Waals surface area contributed by atoms with Crippen molar-refractivity contribution in [2.75, 3.05) is 5.32 Å². The molecule has 1 N–H and O–H groups in total. The number of aromatic nitrogens is 1. The number of nitrogens with zero attached hydrogens (tertiary/aromatic N) is 1. The van der Waals surface area contributed by atoms with Gasteiger partial charge in [-0.2, -0.15) is 0 Å². The summed E-state index contributed by atoms with van der Waals surface area (Å²) in [5, 5.41) is 2.58. The van der Waals surface area contributed by atoms with E-state index in [0.717, 1.165) is 17.1 Å². The minimum absolute atomic E-state index is 0.354. The number of amides is 1. The number of aryl methyl sites for hydroxylation is 2. The molecule has 1 amide bonds. The number of rotatable bonds is 5. The number of nitrogens with one attached hydrogen (secondary N) is 1. The molecule has 0 aliphatic rings. The van der Waals surface area contributed by atoms with E-state index in [1.54, 1.807) is 12.1 Å². The number of carbonyl (C=O) groups excluding carboxylic acids is 2. The summed E-state index contributed by atoms with van der Waals surface area (Å²) in [6, 6.07) is 16.4. The molecule has 0 fully saturated rings. The van der Waals surface area contributed by atoms with Gasteiger partial charge in [0.15, 0.2) is 6.10 Å². The Morgan fingerprint density at radius 3 is 2.07 bits per heavy atom. The van der Waals surface area contributed by atoms with Gasteiger partial charge in [0.2, 0.25) is 0 Å². The molecule has 3 rings (SSSR count). The molecule has 2 aromatic carbocycles. The van der Waals surface area contributed by atoms with Gasteiger partial charge in [0, 0.05) is 22.8 Å². The Hall–Kier alpha value is -3.41. The SMILES string of the molecule is Cc1ccc(C)n1-c1ccc(C(=O)O[C@@H](C)C(=O)Nc2ccc(F)cc2)cc1. The second-order valence-electron chi connectivity index (χ2n) is 6.54. The number of benzene rings is 2. The van der Waals surface area contributed by atoms with Crippen molar-refractivity contribution in [3.8, 4) is 5.69 Å². The minimum Gasteiger partial charge on any atom is -0.449 e. The van der Waals surface area contributed by atoms with Crippen LogP contribution in [0, 0.1) is 19.7 Å². The van der Waals surface area contributed by atoms with Crippen LogP contribution >= 0.6 is 0 Å². The first kappa shape index (κ1) is 19.4. The number of anilines is 1. The van der Waals surface area contributed by atoms with E-state index >= 15 is 0 Å². The molecule has 0 saturated carbocycles. The molecule has 0 saturated heterocycles. The molecule has 0 aliphatic heterocycles. The third-order valence-electron chi connectivity index (χ3n) is 4.40.